The van der Waals surface area contributed by atoms with E-state index >= 15 is 0 Å². The topological polar surface area (TPSA) is 57.2 Å². The fourth-order valence-electron chi connectivity index (χ4n) is 5.82. The number of carbonyl (C=O) groups excluding carboxylic acids is 1. The quantitative estimate of drug-likeness (QED) is 0.538. The van der Waals surface area contributed by atoms with E-state index < -0.39 is 0 Å². The summed E-state index contributed by atoms with van der Waals surface area (Å²) in [5, 5.41) is 3.22. The third-order valence-corrected chi connectivity index (χ3v) is 8.34. The van der Waals surface area contributed by atoms with Crippen LogP contribution in [0.25, 0.3) is 0 Å². The van der Waals surface area contributed by atoms with Crippen molar-refractivity contribution in [3.63, 3.8) is 0 Å². The molecule has 0 bridgehead atoms. The Hall–Kier alpha value is -1.92. The molecule has 4 rings (SSSR count). The molecule has 1 N–H and O–H groups in total. The number of hydrogen-bond donors (Lipinski definition) is 1. The van der Waals surface area contributed by atoms with Crippen LogP contribution in [0.1, 0.15) is 64.0 Å². The Labute approximate surface area is 212 Å². The molecular weight excluding hydrogens is 436 g/mol. The summed E-state index contributed by atoms with van der Waals surface area (Å²) in [4.78, 5) is 22.7. The number of ether oxygens (including phenoxy) is 1. The zero-order valence-corrected chi connectivity index (χ0v) is 22.3. The summed E-state index contributed by atoms with van der Waals surface area (Å²) < 4.78 is 6.11. The molecule has 0 saturated carbocycles. The van der Waals surface area contributed by atoms with Crippen LogP contribution in [0.5, 0.6) is 0 Å². The Morgan fingerprint density at radius 3 is 2.66 bits per heavy atom. The van der Waals surface area contributed by atoms with Crippen molar-refractivity contribution in [1.82, 2.24) is 15.1 Å². The average Bonchev–Trinajstić information content (AvgIpc) is 3.22. The molecule has 0 radical (unpaired) electrons. The van der Waals surface area contributed by atoms with Crippen molar-refractivity contribution in [2.45, 2.75) is 71.9 Å². The Morgan fingerprint density at radius 1 is 1.14 bits per heavy atom. The van der Waals surface area contributed by atoms with Gasteiger partial charge < -0.3 is 19.9 Å². The molecule has 1 amide bonds. The first-order chi connectivity index (χ1) is 16.9. The summed E-state index contributed by atoms with van der Waals surface area (Å²) in [6, 6.07) is 8.43. The smallest absolute Gasteiger partial charge is 0.223 e. The number of aryl methyl sites for hydroxylation is 1. The van der Waals surface area contributed by atoms with Gasteiger partial charge in [-0.15, -0.1) is 0 Å². The Bertz CT molecular complexity index is 862. The van der Waals surface area contributed by atoms with Gasteiger partial charge in [0.15, 0.2) is 0 Å². The minimum Gasteiger partial charge on any atom is -0.472 e. The molecule has 3 atom stereocenters. The van der Waals surface area contributed by atoms with Gasteiger partial charge in [0.05, 0.1) is 0 Å². The van der Waals surface area contributed by atoms with Gasteiger partial charge in [-0.05, 0) is 95.6 Å². The van der Waals surface area contributed by atoms with Crippen LogP contribution in [-0.4, -0.2) is 79.6 Å². The average molecular weight is 483 g/mol. The molecule has 0 aliphatic carbocycles. The van der Waals surface area contributed by atoms with Crippen LogP contribution in [-0.2, 0) is 9.53 Å². The van der Waals surface area contributed by atoms with Crippen molar-refractivity contribution in [3.05, 3.63) is 35.4 Å². The number of likely N-dealkylation sites (tertiary alicyclic amines) is 2. The van der Waals surface area contributed by atoms with E-state index in [2.05, 4.69) is 54.9 Å². The van der Waals surface area contributed by atoms with E-state index in [1.54, 1.807) is 0 Å². The second-order valence-corrected chi connectivity index (χ2v) is 11.3. The van der Waals surface area contributed by atoms with E-state index in [9.17, 15) is 4.79 Å². The molecule has 3 aliphatic heterocycles. The number of aliphatic imine (C=N–C) groups is 1. The highest BCUT2D eigenvalue weighted by Crippen LogP contribution is 2.25. The van der Waals surface area contributed by atoms with Crippen molar-refractivity contribution < 1.29 is 9.53 Å². The maximum atomic E-state index is 12.7. The van der Waals surface area contributed by atoms with Gasteiger partial charge in [0.1, 0.15) is 12.1 Å². The number of nitrogens with zero attached hydrogens (tertiary/aromatic N) is 3. The number of hydrogen-bond acceptors (Lipinski definition) is 5. The molecule has 0 aromatic heterocycles. The Kier molecular flexibility index (Phi) is 9.23. The summed E-state index contributed by atoms with van der Waals surface area (Å²) in [5.74, 6) is 2.78. The number of piperidine rings is 2. The standard InChI is InChI=1S/C29H46N4O2/c1-21(2)25-10-7-15-32(19-25)16-8-14-30-28(34)24-12-17-33(18-13-24)20-27-23(4)35-29(31-27)26-11-6-5-9-22(26)3/h5-6,9,11,21,23-25,27H,7-8,10,12-20H2,1-4H3,(H,30,34). The van der Waals surface area contributed by atoms with Crippen molar-refractivity contribution >= 4 is 11.8 Å². The second-order valence-electron chi connectivity index (χ2n) is 11.3. The highest BCUT2D eigenvalue weighted by Gasteiger charge is 2.32. The van der Waals surface area contributed by atoms with E-state index in [0.717, 1.165) is 75.3 Å². The number of rotatable bonds is 9. The van der Waals surface area contributed by atoms with E-state index in [4.69, 9.17) is 9.73 Å². The minimum atomic E-state index is 0.0846. The number of amides is 1. The van der Waals surface area contributed by atoms with Crippen LogP contribution in [0.4, 0.5) is 0 Å². The van der Waals surface area contributed by atoms with Crippen LogP contribution >= 0.6 is 0 Å². The molecular formula is C29H46N4O2. The fourth-order valence-corrected chi connectivity index (χ4v) is 5.82. The molecule has 1 aromatic rings. The van der Waals surface area contributed by atoms with Crippen LogP contribution in [0.3, 0.4) is 0 Å². The number of nitrogens with one attached hydrogen (secondary N) is 1. The largest absolute Gasteiger partial charge is 0.472 e. The van der Waals surface area contributed by atoms with Crippen LogP contribution in [0.2, 0.25) is 0 Å². The number of benzene rings is 1. The van der Waals surface area contributed by atoms with Gasteiger partial charge in [0.2, 0.25) is 11.8 Å². The summed E-state index contributed by atoms with van der Waals surface area (Å²) in [6.07, 6.45) is 5.70. The van der Waals surface area contributed by atoms with E-state index in [1.165, 1.54) is 31.5 Å². The minimum absolute atomic E-state index is 0.0846. The van der Waals surface area contributed by atoms with Crippen molar-refractivity contribution in [1.29, 1.82) is 0 Å². The molecule has 194 valence electrons. The zero-order chi connectivity index (χ0) is 24.8. The highest BCUT2D eigenvalue weighted by atomic mass is 16.5. The number of carbonyl (C=O) groups is 1. The van der Waals surface area contributed by atoms with Crippen LogP contribution < -0.4 is 5.32 Å². The zero-order valence-electron chi connectivity index (χ0n) is 22.3. The van der Waals surface area contributed by atoms with Gasteiger partial charge in [-0.2, -0.15) is 0 Å². The normalized spacial score (nSPS) is 26.5. The lowest BCUT2D eigenvalue weighted by molar-refractivity contribution is -0.126. The first-order valence-electron chi connectivity index (χ1n) is 13.9. The van der Waals surface area contributed by atoms with E-state index in [0.29, 0.717) is 0 Å². The molecule has 1 aromatic carbocycles. The van der Waals surface area contributed by atoms with Crippen LogP contribution in [0, 0.1) is 24.7 Å². The summed E-state index contributed by atoms with van der Waals surface area (Å²) >= 11 is 0. The monoisotopic (exact) mass is 482 g/mol. The molecule has 3 heterocycles. The van der Waals surface area contributed by atoms with Gasteiger partial charge >= 0.3 is 0 Å². The third kappa shape index (κ3) is 7.07. The van der Waals surface area contributed by atoms with Gasteiger partial charge in [-0.1, -0.05) is 32.0 Å². The van der Waals surface area contributed by atoms with Crippen molar-refractivity contribution in [3.8, 4) is 0 Å². The van der Waals surface area contributed by atoms with Crippen LogP contribution in [0.15, 0.2) is 29.3 Å². The molecule has 3 aliphatic rings. The maximum Gasteiger partial charge on any atom is 0.223 e. The fraction of sp³-hybridized carbons (Fsp3) is 0.724. The lowest BCUT2D eigenvalue weighted by Crippen LogP contribution is -2.44. The third-order valence-electron chi connectivity index (χ3n) is 8.34. The summed E-state index contributed by atoms with van der Waals surface area (Å²) in [6.45, 7) is 16.1. The second kappa shape index (κ2) is 12.4. The Morgan fingerprint density at radius 2 is 1.91 bits per heavy atom. The van der Waals surface area contributed by atoms with E-state index in [1.807, 2.05) is 12.1 Å². The van der Waals surface area contributed by atoms with Gasteiger partial charge in [-0.25, -0.2) is 4.99 Å². The van der Waals surface area contributed by atoms with Gasteiger partial charge in [0, 0.05) is 31.1 Å². The molecule has 0 spiro atoms. The SMILES string of the molecule is Cc1ccccc1C1=NC(CN2CCC(C(=O)NCCCN3CCCC(C(C)C)C3)CC2)C(C)O1. The van der Waals surface area contributed by atoms with Gasteiger partial charge in [0.25, 0.3) is 0 Å². The predicted octanol–water partition coefficient (Wildman–Crippen LogP) is 4.12. The highest BCUT2D eigenvalue weighted by molar-refractivity contribution is 5.96. The Balaban J connectivity index is 1.15. The van der Waals surface area contributed by atoms with Gasteiger partial charge in [-0.3, -0.25) is 4.79 Å². The molecule has 35 heavy (non-hydrogen) atoms. The summed E-state index contributed by atoms with van der Waals surface area (Å²) in [7, 11) is 0. The van der Waals surface area contributed by atoms with Crippen molar-refractivity contribution in [2.75, 3.05) is 45.8 Å². The molecule has 6 nitrogen and oxygen atoms in total. The molecule has 3 unspecified atom stereocenters. The lowest BCUT2D eigenvalue weighted by Gasteiger charge is -2.35. The van der Waals surface area contributed by atoms with Crippen molar-refractivity contribution in [2.24, 2.45) is 22.7 Å². The first kappa shape index (κ1) is 26.2. The predicted molar refractivity (Wildman–Crippen MR) is 143 cm³/mol. The summed E-state index contributed by atoms with van der Waals surface area (Å²) in [5.41, 5.74) is 2.29. The molecule has 6 heteroatoms. The van der Waals surface area contributed by atoms with E-state index in [-0.39, 0.29) is 24.0 Å². The first-order valence-corrected chi connectivity index (χ1v) is 13.9. The molecule has 2 fully saturated rings. The maximum absolute atomic E-state index is 12.7. The lowest BCUT2D eigenvalue weighted by atomic mass is 9.88. The molecule has 2 saturated heterocycles.